The van der Waals surface area contributed by atoms with Crippen LogP contribution in [0.15, 0.2) is 24.3 Å². The highest BCUT2D eigenvalue weighted by Gasteiger charge is 2.23. The number of benzene rings is 1. The second-order valence-corrected chi connectivity index (χ2v) is 5.33. The van der Waals surface area contributed by atoms with E-state index < -0.39 is 0 Å². The minimum Gasteiger partial charge on any atom is -0.497 e. The van der Waals surface area contributed by atoms with Crippen molar-refractivity contribution >= 4 is 5.78 Å². The Morgan fingerprint density at radius 2 is 1.82 bits per heavy atom. The maximum Gasteiger partial charge on any atom is 0.164 e. The third-order valence-corrected chi connectivity index (χ3v) is 2.93. The highest BCUT2D eigenvalue weighted by atomic mass is 16.5. The van der Waals surface area contributed by atoms with Gasteiger partial charge in [0.05, 0.1) is 7.11 Å². The summed E-state index contributed by atoms with van der Waals surface area (Å²) in [4.78, 5) is 12.0. The Bertz CT molecular complexity index is 376. The van der Waals surface area contributed by atoms with Gasteiger partial charge in [-0.25, -0.2) is 0 Å². The molecule has 94 valence electrons. The smallest absolute Gasteiger partial charge is 0.164 e. The number of carbonyl (C=O) groups excluding carboxylic acids is 1. The minimum absolute atomic E-state index is 0.0534. The van der Waals surface area contributed by atoms with Crippen molar-refractivity contribution in [3.05, 3.63) is 29.8 Å². The van der Waals surface area contributed by atoms with Crippen LogP contribution in [0.25, 0.3) is 0 Å². The molecule has 1 atom stereocenters. The fourth-order valence-corrected chi connectivity index (χ4v) is 1.40. The maximum absolute atomic E-state index is 12.0. The average Bonchev–Trinajstić information content (AvgIpc) is 2.27. The first kappa shape index (κ1) is 13.7. The predicted molar refractivity (Wildman–Crippen MR) is 69.4 cm³/mol. The molecule has 0 aliphatic carbocycles. The molecule has 0 fully saturated rings. The van der Waals surface area contributed by atoms with Crippen LogP contribution in [0, 0.1) is 5.41 Å². The fraction of sp³-hybridized carbons (Fsp3) is 0.500. The second kappa shape index (κ2) is 5.32. The Balaban J connectivity index is 2.70. The molecule has 1 rings (SSSR count). The van der Waals surface area contributed by atoms with E-state index in [-0.39, 0.29) is 17.2 Å². The van der Waals surface area contributed by atoms with Crippen molar-refractivity contribution in [2.75, 3.05) is 7.11 Å². The first-order chi connectivity index (χ1) is 7.84. The molecule has 1 unspecified atom stereocenters. The Kier molecular flexibility index (Phi) is 4.29. The Hall–Kier alpha value is -1.35. The summed E-state index contributed by atoms with van der Waals surface area (Å²) >= 11 is 0. The van der Waals surface area contributed by atoms with Crippen molar-refractivity contribution in [1.29, 1.82) is 0 Å². The predicted octanol–water partition coefficient (Wildman–Crippen LogP) is 2.64. The molecule has 0 heterocycles. The topological polar surface area (TPSA) is 52.3 Å². The monoisotopic (exact) mass is 235 g/mol. The standard InChI is InChI=1S/C14H21NO2/c1-14(2,3)13(15)9-12(16)10-5-7-11(17-4)8-6-10/h5-8,13H,9,15H2,1-4H3. The van der Waals surface area contributed by atoms with E-state index in [0.717, 1.165) is 5.75 Å². The summed E-state index contributed by atoms with van der Waals surface area (Å²) in [6, 6.07) is 7.00. The molecule has 1 aromatic rings. The van der Waals surface area contributed by atoms with E-state index >= 15 is 0 Å². The van der Waals surface area contributed by atoms with Crippen LogP contribution >= 0.6 is 0 Å². The Labute approximate surface area is 103 Å². The molecule has 0 bridgehead atoms. The van der Waals surface area contributed by atoms with Crippen LogP contribution in [-0.4, -0.2) is 18.9 Å². The molecule has 0 saturated heterocycles. The van der Waals surface area contributed by atoms with E-state index in [1.807, 2.05) is 20.8 Å². The van der Waals surface area contributed by atoms with Crippen molar-refractivity contribution in [2.24, 2.45) is 11.1 Å². The molecule has 0 aliphatic heterocycles. The molecule has 0 amide bonds. The summed E-state index contributed by atoms with van der Waals surface area (Å²) in [6.45, 7) is 6.12. The summed E-state index contributed by atoms with van der Waals surface area (Å²) in [7, 11) is 1.60. The zero-order chi connectivity index (χ0) is 13.1. The average molecular weight is 235 g/mol. The van der Waals surface area contributed by atoms with Gasteiger partial charge in [0, 0.05) is 18.0 Å². The third-order valence-electron chi connectivity index (χ3n) is 2.93. The minimum atomic E-state index is -0.128. The van der Waals surface area contributed by atoms with Gasteiger partial charge in [0.1, 0.15) is 5.75 Å². The van der Waals surface area contributed by atoms with Crippen LogP contribution < -0.4 is 10.5 Å². The van der Waals surface area contributed by atoms with Crippen molar-refractivity contribution in [2.45, 2.75) is 33.2 Å². The van der Waals surface area contributed by atoms with Gasteiger partial charge in [-0.05, 0) is 29.7 Å². The van der Waals surface area contributed by atoms with Gasteiger partial charge >= 0.3 is 0 Å². The lowest BCUT2D eigenvalue weighted by molar-refractivity contribution is 0.0953. The van der Waals surface area contributed by atoms with Crippen LogP contribution in [0.4, 0.5) is 0 Å². The number of hydrogen-bond donors (Lipinski definition) is 1. The second-order valence-electron chi connectivity index (χ2n) is 5.33. The van der Waals surface area contributed by atoms with E-state index in [0.29, 0.717) is 12.0 Å². The Morgan fingerprint density at radius 3 is 2.24 bits per heavy atom. The normalized spacial score (nSPS) is 13.2. The molecule has 0 aliphatic rings. The molecule has 3 nitrogen and oxygen atoms in total. The lowest BCUT2D eigenvalue weighted by atomic mass is 9.84. The molecule has 0 radical (unpaired) electrons. The summed E-state index contributed by atoms with van der Waals surface area (Å²) in [5, 5.41) is 0. The van der Waals surface area contributed by atoms with Crippen molar-refractivity contribution in [3.63, 3.8) is 0 Å². The van der Waals surface area contributed by atoms with Crippen molar-refractivity contribution in [3.8, 4) is 5.75 Å². The molecule has 0 aromatic heterocycles. The maximum atomic E-state index is 12.0. The van der Waals surface area contributed by atoms with Gasteiger partial charge in [-0.3, -0.25) is 4.79 Å². The quantitative estimate of drug-likeness (QED) is 0.816. The van der Waals surface area contributed by atoms with Gasteiger partial charge in [0.25, 0.3) is 0 Å². The van der Waals surface area contributed by atoms with E-state index in [1.165, 1.54) is 0 Å². The zero-order valence-corrected chi connectivity index (χ0v) is 11.0. The van der Waals surface area contributed by atoms with Gasteiger partial charge in [0.15, 0.2) is 5.78 Å². The zero-order valence-electron chi connectivity index (χ0n) is 11.0. The number of hydrogen-bond acceptors (Lipinski definition) is 3. The van der Waals surface area contributed by atoms with Crippen LogP contribution in [0.2, 0.25) is 0 Å². The van der Waals surface area contributed by atoms with E-state index in [4.69, 9.17) is 10.5 Å². The number of nitrogens with two attached hydrogens (primary N) is 1. The fourth-order valence-electron chi connectivity index (χ4n) is 1.40. The first-order valence-corrected chi connectivity index (χ1v) is 5.77. The van der Waals surface area contributed by atoms with Crippen LogP contribution in [0.3, 0.4) is 0 Å². The molecular formula is C14H21NO2. The van der Waals surface area contributed by atoms with Crippen LogP contribution in [0.1, 0.15) is 37.6 Å². The number of rotatable bonds is 4. The molecular weight excluding hydrogens is 214 g/mol. The van der Waals surface area contributed by atoms with Gasteiger partial charge in [-0.2, -0.15) is 0 Å². The van der Waals surface area contributed by atoms with Gasteiger partial charge < -0.3 is 10.5 Å². The molecule has 3 heteroatoms. The lowest BCUT2D eigenvalue weighted by Crippen LogP contribution is -2.36. The molecule has 17 heavy (non-hydrogen) atoms. The number of ether oxygens (including phenoxy) is 1. The highest BCUT2D eigenvalue weighted by molar-refractivity contribution is 5.96. The molecule has 1 aromatic carbocycles. The van der Waals surface area contributed by atoms with Crippen molar-refractivity contribution < 1.29 is 9.53 Å². The van der Waals surface area contributed by atoms with Crippen molar-refractivity contribution in [1.82, 2.24) is 0 Å². The molecule has 0 saturated carbocycles. The van der Waals surface area contributed by atoms with Gasteiger partial charge in [-0.1, -0.05) is 20.8 Å². The molecule has 2 N–H and O–H groups in total. The largest absolute Gasteiger partial charge is 0.497 e. The summed E-state index contributed by atoms with van der Waals surface area (Å²) in [6.07, 6.45) is 0.371. The summed E-state index contributed by atoms with van der Waals surface area (Å²) < 4.78 is 5.05. The van der Waals surface area contributed by atoms with E-state index in [1.54, 1.807) is 31.4 Å². The lowest BCUT2D eigenvalue weighted by Gasteiger charge is -2.26. The Morgan fingerprint density at radius 1 is 1.29 bits per heavy atom. The van der Waals surface area contributed by atoms with Crippen LogP contribution in [0.5, 0.6) is 5.75 Å². The number of ketones is 1. The number of methoxy groups -OCH3 is 1. The number of carbonyl (C=O) groups is 1. The van der Waals surface area contributed by atoms with Gasteiger partial charge in [0.2, 0.25) is 0 Å². The van der Waals surface area contributed by atoms with Crippen LogP contribution in [-0.2, 0) is 0 Å². The highest BCUT2D eigenvalue weighted by Crippen LogP contribution is 2.21. The summed E-state index contributed by atoms with van der Waals surface area (Å²) in [5.74, 6) is 0.830. The third kappa shape index (κ3) is 3.86. The van der Waals surface area contributed by atoms with E-state index in [2.05, 4.69) is 0 Å². The first-order valence-electron chi connectivity index (χ1n) is 5.77. The van der Waals surface area contributed by atoms with Gasteiger partial charge in [-0.15, -0.1) is 0 Å². The number of Topliss-reactive ketones (excluding diaryl/α,β-unsaturated/α-hetero) is 1. The van der Waals surface area contributed by atoms with E-state index in [9.17, 15) is 4.79 Å². The summed E-state index contributed by atoms with van der Waals surface area (Å²) in [5.41, 5.74) is 6.63. The SMILES string of the molecule is COc1ccc(C(=O)CC(N)C(C)(C)C)cc1. The molecule has 0 spiro atoms.